The number of carbonyl (C=O) groups excluding carboxylic acids is 2. The lowest BCUT2D eigenvalue weighted by molar-refractivity contribution is -0.117. The van der Waals surface area contributed by atoms with Crippen molar-refractivity contribution in [1.29, 1.82) is 0 Å². The molecule has 0 aliphatic carbocycles. The summed E-state index contributed by atoms with van der Waals surface area (Å²) in [6, 6.07) is -0.457. The molecule has 0 unspecified atom stereocenters. The summed E-state index contributed by atoms with van der Waals surface area (Å²) in [5.74, 6) is -0.368. The molecule has 3 N–H and O–H groups in total. The van der Waals surface area contributed by atoms with E-state index in [4.69, 9.17) is 0 Å². The van der Waals surface area contributed by atoms with Gasteiger partial charge in [0.1, 0.15) is 0 Å². The van der Waals surface area contributed by atoms with E-state index in [1.165, 1.54) is 24.9 Å². The second-order valence-electron chi connectivity index (χ2n) is 1.73. The van der Waals surface area contributed by atoms with E-state index in [2.05, 4.69) is 16.2 Å². The predicted molar refractivity (Wildman–Crippen MR) is 48.4 cm³/mol. The Labute approximate surface area is 74.9 Å². The Morgan fingerprint density at radius 1 is 1.33 bits per heavy atom. The third-order valence-corrected chi connectivity index (χ3v) is 1.29. The molecule has 0 aliphatic heterocycles. The van der Waals surface area contributed by atoms with E-state index in [9.17, 15) is 9.59 Å². The van der Waals surface area contributed by atoms with Crippen LogP contribution in [0, 0.1) is 0 Å². The number of nitrogens with one attached hydrogen (secondary N) is 3. The summed E-state index contributed by atoms with van der Waals surface area (Å²) in [6.45, 7) is 0. The average molecular weight is 189 g/mol. The Hall–Kier alpha value is -1.17. The lowest BCUT2D eigenvalue weighted by Gasteiger charge is -2.02. The largest absolute Gasteiger partial charge is 0.340 e. The van der Waals surface area contributed by atoms with Gasteiger partial charge in [0.2, 0.25) is 0 Å². The summed E-state index contributed by atoms with van der Waals surface area (Å²) >= 11 is 1.40. The molecule has 5 nitrogen and oxygen atoms in total. The van der Waals surface area contributed by atoms with E-state index in [-0.39, 0.29) is 5.91 Å². The fraction of sp³-hybridized carbons (Fsp3) is 0.333. The van der Waals surface area contributed by atoms with Gasteiger partial charge in [-0.15, -0.1) is 11.8 Å². The van der Waals surface area contributed by atoms with Crippen molar-refractivity contribution in [3.05, 3.63) is 11.5 Å². The SMILES string of the molecule is CNC(=O)NNC(=O)/C=C/SC. The van der Waals surface area contributed by atoms with Crippen LogP contribution in [-0.4, -0.2) is 25.2 Å². The lowest BCUT2D eigenvalue weighted by Crippen LogP contribution is -2.45. The van der Waals surface area contributed by atoms with Crippen LogP contribution in [-0.2, 0) is 4.79 Å². The average Bonchev–Trinajstić information content (AvgIpc) is 2.10. The minimum absolute atomic E-state index is 0.368. The van der Waals surface area contributed by atoms with Crippen molar-refractivity contribution >= 4 is 23.7 Å². The Bertz CT molecular complexity index is 193. The maximum absolute atomic E-state index is 10.8. The molecule has 68 valence electrons. The maximum Gasteiger partial charge on any atom is 0.333 e. The van der Waals surface area contributed by atoms with Crippen LogP contribution in [0.4, 0.5) is 4.79 Å². The molecule has 0 bridgehead atoms. The van der Waals surface area contributed by atoms with Crippen molar-refractivity contribution in [1.82, 2.24) is 16.2 Å². The van der Waals surface area contributed by atoms with Gasteiger partial charge in [0, 0.05) is 13.1 Å². The molecule has 0 heterocycles. The molecule has 0 aromatic carbocycles. The van der Waals surface area contributed by atoms with E-state index in [1.807, 2.05) is 6.26 Å². The number of rotatable bonds is 2. The normalized spacial score (nSPS) is 9.50. The van der Waals surface area contributed by atoms with Crippen molar-refractivity contribution in [3.63, 3.8) is 0 Å². The van der Waals surface area contributed by atoms with Crippen LogP contribution in [0.3, 0.4) is 0 Å². The number of hydrogen-bond donors (Lipinski definition) is 3. The molecule has 0 aromatic rings. The molecule has 12 heavy (non-hydrogen) atoms. The Morgan fingerprint density at radius 2 is 2.00 bits per heavy atom. The van der Waals surface area contributed by atoms with Gasteiger partial charge in [-0.3, -0.25) is 10.2 Å². The molecular weight excluding hydrogens is 178 g/mol. The summed E-state index contributed by atoms with van der Waals surface area (Å²) in [5.41, 5.74) is 4.30. The molecular formula is C6H11N3O2S. The van der Waals surface area contributed by atoms with Gasteiger partial charge in [-0.05, 0) is 11.7 Å². The van der Waals surface area contributed by atoms with Gasteiger partial charge in [0.25, 0.3) is 5.91 Å². The van der Waals surface area contributed by atoms with Gasteiger partial charge < -0.3 is 5.32 Å². The highest BCUT2D eigenvalue weighted by molar-refractivity contribution is 8.01. The number of hydrogen-bond acceptors (Lipinski definition) is 3. The van der Waals surface area contributed by atoms with Crippen molar-refractivity contribution in [2.45, 2.75) is 0 Å². The van der Waals surface area contributed by atoms with Gasteiger partial charge in [0.05, 0.1) is 0 Å². The van der Waals surface area contributed by atoms with Gasteiger partial charge in [-0.25, -0.2) is 10.2 Å². The number of amides is 3. The van der Waals surface area contributed by atoms with Crippen LogP contribution >= 0.6 is 11.8 Å². The van der Waals surface area contributed by atoms with Crippen molar-refractivity contribution in [2.75, 3.05) is 13.3 Å². The van der Waals surface area contributed by atoms with Crippen LogP contribution in [0.15, 0.2) is 11.5 Å². The zero-order valence-electron chi connectivity index (χ0n) is 6.88. The van der Waals surface area contributed by atoms with Crippen LogP contribution in [0.1, 0.15) is 0 Å². The van der Waals surface area contributed by atoms with Crippen molar-refractivity contribution in [2.24, 2.45) is 0 Å². The fourth-order valence-corrected chi connectivity index (χ4v) is 0.612. The first-order chi connectivity index (χ1) is 5.70. The first-order valence-electron chi connectivity index (χ1n) is 3.17. The number of urea groups is 1. The van der Waals surface area contributed by atoms with E-state index in [1.54, 1.807) is 5.41 Å². The summed E-state index contributed by atoms with van der Waals surface area (Å²) in [7, 11) is 1.46. The van der Waals surface area contributed by atoms with Crippen LogP contribution in [0.25, 0.3) is 0 Å². The van der Waals surface area contributed by atoms with Crippen LogP contribution < -0.4 is 16.2 Å². The summed E-state index contributed by atoms with van der Waals surface area (Å²) in [4.78, 5) is 21.3. The second kappa shape index (κ2) is 6.53. The number of thioether (sulfide) groups is 1. The highest BCUT2D eigenvalue weighted by Crippen LogP contribution is 1.91. The monoisotopic (exact) mass is 189 g/mol. The van der Waals surface area contributed by atoms with Crippen molar-refractivity contribution < 1.29 is 9.59 Å². The summed E-state index contributed by atoms with van der Waals surface area (Å²) < 4.78 is 0. The Balaban J connectivity index is 3.57. The quantitative estimate of drug-likeness (QED) is 0.417. The van der Waals surface area contributed by atoms with E-state index >= 15 is 0 Å². The van der Waals surface area contributed by atoms with Crippen LogP contribution in [0.5, 0.6) is 0 Å². The number of hydrazine groups is 1. The smallest absolute Gasteiger partial charge is 0.333 e. The standard InChI is InChI=1S/C6H11N3O2S/c1-7-6(11)9-8-5(10)3-4-12-2/h3-4H,1-2H3,(H,8,10)(H2,7,9,11)/b4-3+. The van der Waals surface area contributed by atoms with E-state index in [0.717, 1.165) is 0 Å². The predicted octanol–water partition coefficient (Wildman–Crippen LogP) is -0.177. The van der Waals surface area contributed by atoms with Gasteiger partial charge in [-0.1, -0.05) is 0 Å². The molecule has 0 spiro atoms. The molecule has 0 rings (SSSR count). The fourth-order valence-electron chi connectivity index (χ4n) is 0.352. The molecule has 3 amide bonds. The number of carbonyl (C=O) groups is 2. The molecule has 0 atom stereocenters. The molecule has 0 radical (unpaired) electrons. The Morgan fingerprint density at radius 3 is 2.50 bits per heavy atom. The molecule has 0 aromatic heterocycles. The first-order valence-corrected chi connectivity index (χ1v) is 4.46. The van der Waals surface area contributed by atoms with E-state index < -0.39 is 6.03 Å². The zero-order chi connectivity index (χ0) is 9.40. The zero-order valence-corrected chi connectivity index (χ0v) is 7.70. The van der Waals surface area contributed by atoms with Crippen LogP contribution in [0.2, 0.25) is 0 Å². The minimum atomic E-state index is -0.457. The molecule has 0 aliphatic rings. The highest BCUT2D eigenvalue weighted by atomic mass is 32.2. The third kappa shape index (κ3) is 5.60. The lowest BCUT2D eigenvalue weighted by atomic mass is 10.6. The minimum Gasteiger partial charge on any atom is -0.340 e. The van der Waals surface area contributed by atoms with E-state index in [0.29, 0.717) is 0 Å². The third-order valence-electron chi connectivity index (χ3n) is 0.882. The molecule has 6 heteroatoms. The first kappa shape index (κ1) is 10.8. The molecule has 0 saturated carbocycles. The maximum atomic E-state index is 10.8. The second-order valence-corrected chi connectivity index (χ2v) is 2.48. The summed E-state index contributed by atoms with van der Waals surface area (Å²) in [5, 5.41) is 3.89. The Kier molecular flexibility index (Phi) is 5.90. The van der Waals surface area contributed by atoms with Gasteiger partial charge >= 0.3 is 6.03 Å². The molecule has 0 saturated heterocycles. The summed E-state index contributed by atoms with van der Waals surface area (Å²) in [6.07, 6.45) is 3.15. The molecule has 0 fully saturated rings. The topological polar surface area (TPSA) is 70.2 Å². The van der Waals surface area contributed by atoms with Gasteiger partial charge in [0.15, 0.2) is 0 Å². The van der Waals surface area contributed by atoms with Gasteiger partial charge in [-0.2, -0.15) is 0 Å². The van der Waals surface area contributed by atoms with Crippen molar-refractivity contribution in [3.8, 4) is 0 Å². The highest BCUT2D eigenvalue weighted by Gasteiger charge is 1.96.